The summed E-state index contributed by atoms with van der Waals surface area (Å²) >= 11 is 0. The molecule has 0 aliphatic rings. The maximum atomic E-state index is 5.38. The zero-order valence-corrected chi connectivity index (χ0v) is 10.3. The van der Waals surface area contributed by atoms with Crippen LogP contribution >= 0.6 is 0 Å². The fraction of sp³-hybridized carbons (Fsp3) is 0.429. The van der Waals surface area contributed by atoms with E-state index in [9.17, 15) is 0 Å². The summed E-state index contributed by atoms with van der Waals surface area (Å²) in [6.07, 6.45) is 6.11. The van der Waals surface area contributed by atoms with Gasteiger partial charge in [-0.1, -0.05) is 19.1 Å². The molecule has 1 aromatic rings. The molecule has 0 amide bonds. The minimum absolute atomic E-state index is 0.270. The van der Waals surface area contributed by atoms with Gasteiger partial charge in [-0.2, -0.15) is 0 Å². The van der Waals surface area contributed by atoms with E-state index in [0.717, 1.165) is 13.0 Å². The molecule has 1 N–H and O–H groups in total. The Labute approximate surface area is 98.7 Å². The van der Waals surface area contributed by atoms with Gasteiger partial charge in [0, 0.05) is 32.2 Å². The minimum Gasteiger partial charge on any atom is -0.378 e. The third kappa shape index (κ3) is 3.29. The average molecular weight is 216 g/mol. The van der Waals surface area contributed by atoms with Crippen molar-refractivity contribution < 1.29 is 0 Å². The first-order valence-electron chi connectivity index (χ1n) is 5.63. The number of rotatable bonds is 5. The fourth-order valence-corrected chi connectivity index (χ4v) is 1.68. The van der Waals surface area contributed by atoms with E-state index in [4.69, 9.17) is 6.42 Å². The monoisotopic (exact) mass is 216 g/mol. The third-order valence-electron chi connectivity index (χ3n) is 2.58. The molecule has 2 nitrogen and oxygen atoms in total. The molecule has 2 heteroatoms. The van der Waals surface area contributed by atoms with Gasteiger partial charge in [-0.05, 0) is 24.2 Å². The highest BCUT2D eigenvalue weighted by molar-refractivity contribution is 5.46. The quantitative estimate of drug-likeness (QED) is 0.760. The van der Waals surface area contributed by atoms with Crippen molar-refractivity contribution in [1.82, 2.24) is 5.32 Å². The Hall–Kier alpha value is -1.46. The van der Waals surface area contributed by atoms with Crippen molar-refractivity contribution in [2.75, 3.05) is 25.5 Å². The van der Waals surface area contributed by atoms with E-state index in [0.29, 0.717) is 0 Å². The molecule has 1 aromatic carbocycles. The van der Waals surface area contributed by atoms with Crippen LogP contribution in [0.4, 0.5) is 5.69 Å². The Morgan fingerprint density at radius 2 is 1.94 bits per heavy atom. The number of nitrogens with one attached hydrogen (secondary N) is 1. The molecule has 0 aliphatic heterocycles. The van der Waals surface area contributed by atoms with Gasteiger partial charge < -0.3 is 10.2 Å². The maximum Gasteiger partial charge on any atom is 0.0430 e. The number of anilines is 1. The number of terminal acetylenes is 1. The van der Waals surface area contributed by atoms with Crippen molar-refractivity contribution >= 4 is 5.69 Å². The van der Waals surface area contributed by atoms with Crippen LogP contribution in [0.2, 0.25) is 0 Å². The second-order valence-electron chi connectivity index (χ2n) is 4.00. The summed E-state index contributed by atoms with van der Waals surface area (Å²) in [5.41, 5.74) is 2.46. The molecule has 0 saturated heterocycles. The predicted octanol–water partition coefficient (Wildman–Crippen LogP) is 2.43. The Morgan fingerprint density at radius 1 is 1.31 bits per heavy atom. The highest BCUT2D eigenvalue weighted by atomic mass is 15.1. The summed E-state index contributed by atoms with van der Waals surface area (Å²) in [7, 11) is 4.08. The van der Waals surface area contributed by atoms with Crippen molar-refractivity contribution in [2.24, 2.45) is 0 Å². The van der Waals surface area contributed by atoms with Crippen molar-refractivity contribution in [1.29, 1.82) is 0 Å². The van der Waals surface area contributed by atoms with Crippen molar-refractivity contribution in [3.63, 3.8) is 0 Å². The van der Waals surface area contributed by atoms with Crippen molar-refractivity contribution in [3.8, 4) is 12.3 Å². The molecule has 0 spiro atoms. The van der Waals surface area contributed by atoms with Gasteiger partial charge in [-0.3, -0.25) is 0 Å². The molecule has 0 fully saturated rings. The number of benzene rings is 1. The van der Waals surface area contributed by atoms with E-state index in [2.05, 4.69) is 47.3 Å². The molecular formula is C14H20N2. The van der Waals surface area contributed by atoms with E-state index >= 15 is 0 Å². The van der Waals surface area contributed by atoms with E-state index in [1.54, 1.807) is 0 Å². The first kappa shape index (κ1) is 12.6. The summed E-state index contributed by atoms with van der Waals surface area (Å²) in [6, 6.07) is 8.79. The summed E-state index contributed by atoms with van der Waals surface area (Å²) in [5, 5.41) is 3.39. The average Bonchev–Trinajstić information content (AvgIpc) is 2.29. The first-order valence-corrected chi connectivity index (χ1v) is 5.63. The molecule has 86 valence electrons. The zero-order chi connectivity index (χ0) is 12.0. The van der Waals surface area contributed by atoms with Crippen LogP contribution in [-0.2, 0) is 0 Å². The summed E-state index contributed by atoms with van der Waals surface area (Å²) < 4.78 is 0. The van der Waals surface area contributed by atoms with Crippen molar-refractivity contribution in [2.45, 2.75) is 19.4 Å². The zero-order valence-electron chi connectivity index (χ0n) is 10.3. The van der Waals surface area contributed by atoms with E-state index < -0.39 is 0 Å². The molecule has 0 bridgehead atoms. The standard InChI is InChI=1S/C14H20N2/c1-5-7-14(15-6-2)12-8-10-13(11-9-12)16(3)4/h1,8-11,14-15H,6-7H2,2-4H3. The molecular weight excluding hydrogens is 196 g/mol. The van der Waals surface area contributed by atoms with Crippen molar-refractivity contribution in [3.05, 3.63) is 29.8 Å². The van der Waals surface area contributed by atoms with Gasteiger partial charge in [0.15, 0.2) is 0 Å². The minimum atomic E-state index is 0.270. The molecule has 1 atom stereocenters. The molecule has 1 rings (SSSR count). The summed E-state index contributed by atoms with van der Waals surface area (Å²) in [5.74, 6) is 2.72. The molecule has 0 aliphatic carbocycles. The topological polar surface area (TPSA) is 15.3 Å². The summed E-state index contributed by atoms with van der Waals surface area (Å²) in [6.45, 7) is 3.03. The molecule has 0 aromatic heterocycles. The predicted molar refractivity (Wildman–Crippen MR) is 70.6 cm³/mol. The molecule has 16 heavy (non-hydrogen) atoms. The van der Waals surface area contributed by atoms with Gasteiger partial charge in [0.05, 0.1) is 0 Å². The van der Waals surface area contributed by atoms with Crippen LogP contribution in [0, 0.1) is 12.3 Å². The second kappa shape index (κ2) is 6.19. The number of hydrogen-bond donors (Lipinski definition) is 1. The van der Waals surface area contributed by atoms with Gasteiger partial charge in [0.1, 0.15) is 0 Å². The smallest absolute Gasteiger partial charge is 0.0430 e. The number of hydrogen-bond acceptors (Lipinski definition) is 2. The van der Waals surface area contributed by atoms with Crippen LogP contribution in [-0.4, -0.2) is 20.6 Å². The Kier molecular flexibility index (Phi) is 4.88. The SMILES string of the molecule is C#CCC(NCC)c1ccc(N(C)C)cc1. The number of nitrogens with zero attached hydrogens (tertiary/aromatic N) is 1. The van der Waals surface area contributed by atoms with Gasteiger partial charge in [-0.25, -0.2) is 0 Å². The molecule has 0 saturated carbocycles. The fourth-order valence-electron chi connectivity index (χ4n) is 1.68. The Balaban J connectivity index is 2.81. The summed E-state index contributed by atoms with van der Waals surface area (Å²) in [4.78, 5) is 2.09. The lowest BCUT2D eigenvalue weighted by atomic mass is 10.0. The van der Waals surface area contributed by atoms with E-state index in [-0.39, 0.29) is 6.04 Å². The Morgan fingerprint density at radius 3 is 2.38 bits per heavy atom. The highest BCUT2D eigenvalue weighted by Crippen LogP contribution is 2.19. The highest BCUT2D eigenvalue weighted by Gasteiger charge is 2.08. The first-order chi connectivity index (χ1) is 7.69. The van der Waals surface area contributed by atoms with E-state index in [1.165, 1.54) is 11.3 Å². The lowest BCUT2D eigenvalue weighted by molar-refractivity contribution is 0.565. The largest absolute Gasteiger partial charge is 0.378 e. The van der Waals surface area contributed by atoms with Crippen LogP contribution in [0.5, 0.6) is 0 Å². The van der Waals surface area contributed by atoms with Crippen LogP contribution in [0.3, 0.4) is 0 Å². The van der Waals surface area contributed by atoms with Gasteiger partial charge >= 0.3 is 0 Å². The lowest BCUT2D eigenvalue weighted by Gasteiger charge is -2.18. The lowest BCUT2D eigenvalue weighted by Crippen LogP contribution is -2.20. The maximum absolute atomic E-state index is 5.38. The van der Waals surface area contributed by atoms with Gasteiger partial charge in [0.2, 0.25) is 0 Å². The van der Waals surface area contributed by atoms with Crippen LogP contribution in [0.25, 0.3) is 0 Å². The van der Waals surface area contributed by atoms with Crippen LogP contribution < -0.4 is 10.2 Å². The second-order valence-corrected chi connectivity index (χ2v) is 4.00. The molecule has 1 unspecified atom stereocenters. The van der Waals surface area contributed by atoms with Gasteiger partial charge in [-0.15, -0.1) is 12.3 Å². The molecule has 0 heterocycles. The normalized spacial score (nSPS) is 11.9. The van der Waals surface area contributed by atoms with E-state index in [1.807, 2.05) is 14.1 Å². The van der Waals surface area contributed by atoms with Crippen LogP contribution in [0.1, 0.15) is 24.9 Å². The Bertz CT molecular complexity index is 346. The van der Waals surface area contributed by atoms with Crippen LogP contribution in [0.15, 0.2) is 24.3 Å². The van der Waals surface area contributed by atoms with Gasteiger partial charge in [0.25, 0.3) is 0 Å². The molecule has 0 radical (unpaired) electrons. The third-order valence-corrected chi connectivity index (χ3v) is 2.58.